The Labute approximate surface area is 185 Å². The Balaban J connectivity index is 1.30. The molecule has 0 radical (unpaired) electrons. The summed E-state index contributed by atoms with van der Waals surface area (Å²) in [6.07, 6.45) is 9.92. The minimum atomic E-state index is -0.294. The van der Waals surface area contributed by atoms with Gasteiger partial charge in [0.15, 0.2) is 11.6 Å². The number of carbonyl (C=O) groups is 2. The van der Waals surface area contributed by atoms with Crippen molar-refractivity contribution in [1.82, 2.24) is 10.6 Å². The summed E-state index contributed by atoms with van der Waals surface area (Å²) in [7, 11) is 0. The van der Waals surface area contributed by atoms with Crippen molar-refractivity contribution in [3.8, 4) is 5.75 Å². The van der Waals surface area contributed by atoms with Gasteiger partial charge in [0.1, 0.15) is 0 Å². The molecule has 1 aromatic carbocycles. The minimum absolute atomic E-state index is 0.00835. The molecule has 0 spiro atoms. The number of unbranched alkanes of at least 4 members (excludes halogenated alkanes) is 4. The summed E-state index contributed by atoms with van der Waals surface area (Å²) in [5, 5.41) is 6.02. The predicted octanol–water partition coefficient (Wildman–Crippen LogP) is 4.83. The molecule has 1 saturated heterocycles. The first-order valence-electron chi connectivity index (χ1n) is 11.9. The SMILES string of the molecule is CC(C)(NCCCCCCCC1CCC(=O)NC1=O)c1ccc(F)c(OCC2CC2)c1. The maximum atomic E-state index is 14.1. The molecule has 0 bridgehead atoms. The Morgan fingerprint density at radius 3 is 2.58 bits per heavy atom. The van der Waals surface area contributed by atoms with Crippen LogP contribution in [0.15, 0.2) is 18.2 Å². The third-order valence-corrected chi connectivity index (χ3v) is 6.47. The van der Waals surface area contributed by atoms with E-state index in [1.165, 1.54) is 18.9 Å². The smallest absolute Gasteiger partial charge is 0.229 e. The quantitative estimate of drug-likeness (QED) is 0.346. The molecular weight excluding hydrogens is 395 g/mol. The molecule has 2 aliphatic rings. The summed E-state index contributed by atoms with van der Waals surface area (Å²) >= 11 is 0. The van der Waals surface area contributed by atoms with Crippen LogP contribution in [0.2, 0.25) is 0 Å². The van der Waals surface area contributed by atoms with Crippen LogP contribution in [0, 0.1) is 17.7 Å². The number of ether oxygens (including phenoxy) is 1. The summed E-state index contributed by atoms with van der Waals surface area (Å²) in [5.41, 5.74) is 0.779. The zero-order valence-corrected chi connectivity index (χ0v) is 19.0. The monoisotopic (exact) mass is 432 g/mol. The lowest BCUT2D eigenvalue weighted by molar-refractivity contribution is -0.136. The van der Waals surface area contributed by atoms with Crippen LogP contribution < -0.4 is 15.4 Å². The maximum Gasteiger partial charge on any atom is 0.229 e. The van der Waals surface area contributed by atoms with Gasteiger partial charge in [-0.2, -0.15) is 0 Å². The average Bonchev–Trinajstić information content (AvgIpc) is 3.55. The number of halogens is 1. The van der Waals surface area contributed by atoms with E-state index in [1.807, 2.05) is 12.1 Å². The van der Waals surface area contributed by atoms with Crippen LogP contribution in [0.25, 0.3) is 0 Å². The Morgan fingerprint density at radius 2 is 1.84 bits per heavy atom. The molecule has 2 fully saturated rings. The molecule has 1 unspecified atom stereocenters. The highest BCUT2D eigenvalue weighted by Gasteiger charge is 2.26. The Hall–Kier alpha value is -1.95. The average molecular weight is 433 g/mol. The van der Waals surface area contributed by atoms with Crippen LogP contribution in [0.4, 0.5) is 4.39 Å². The van der Waals surface area contributed by atoms with Crippen molar-refractivity contribution in [2.45, 2.75) is 83.6 Å². The molecule has 31 heavy (non-hydrogen) atoms. The molecule has 1 saturated carbocycles. The van der Waals surface area contributed by atoms with E-state index in [0.29, 0.717) is 31.1 Å². The van der Waals surface area contributed by atoms with Crippen LogP contribution >= 0.6 is 0 Å². The molecule has 2 amide bonds. The first-order chi connectivity index (χ1) is 14.8. The maximum absolute atomic E-state index is 14.1. The van der Waals surface area contributed by atoms with Crippen LogP contribution in [0.3, 0.4) is 0 Å². The van der Waals surface area contributed by atoms with Crippen LogP contribution in [0.5, 0.6) is 5.75 Å². The largest absolute Gasteiger partial charge is 0.490 e. The van der Waals surface area contributed by atoms with E-state index in [0.717, 1.165) is 50.6 Å². The number of imide groups is 1. The van der Waals surface area contributed by atoms with Crippen LogP contribution in [-0.4, -0.2) is 25.0 Å². The standard InChI is InChI=1S/C25H37FN2O3/c1-25(2,20-12-13-21(26)22(16-20)31-17-18-9-10-18)27-15-7-5-3-4-6-8-19-11-14-23(29)28-24(19)30/h12-13,16,18-19,27H,3-11,14-15,17H2,1-2H3,(H,28,29,30). The lowest BCUT2D eigenvalue weighted by Gasteiger charge is -2.28. The summed E-state index contributed by atoms with van der Waals surface area (Å²) in [4.78, 5) is 22.9. The second-order valence-corrected chi connectivity index (χ2v) is 9.66. The number of hydrogen-bond donors (Lipinski definition) is 2. The number of carbonyl (C=O) groups excluding carboxylic acids is 2. The molecule has 1 atom stereocenters. The summed E-state index contributed by atoms with van der Waals surface area (Å²) in [6.45, 7) is 5.74. The van der Waals surface area contributed by atoms with Gasteiger partial charge in [0, 0.05) is 17.9 Å². The molecule has 0 aromatic heterocycles. The van der Waals surface area contributed by atoms with Crippen molar-refractivity contribution in [2.24, 2.45) is 11.8 Å². The fourth-order valence-corrected chi connectivity index (χ4v) is 4.06. The molecule has 1 aliphatic heterocycles. The van der Waals surface area contributed by atoms with Gasteiger partial charge in [0.2, 0.25) is 11.8 Å². The van der Waals surface area contributed by atoms with Crippen LogP contribution in [-0.2, 0) is 15.1 Å². The van der Waals surface area contributed by atoms with Crippen molar-refractivity contribution < 1.29 is 18.7 Å². The van der Waals surface area contributed by atoms with Gasteiger partial charge >= 0.3 is 0 Å². The highest BCUT2D eigenvalue weighted by Crippen LogP contribution is 2.32. The van der Waals surface area contributed by atoms with Crippen molar-refractivity contribution in [1.29, 1.82) is 0 Å². The first-order valence-corrected chi connectivity index (χ1v) is 11.9. The van der Waals surface area contributed by atoms with Crippen molar-refractivity contribution in [3.63, 3.8) is 0 Å². The Bertz CT molecular complexity index is 761. The second-order valence-electron chi connectivity index (χ2n) is 9.66. The van der Waals surface area contributed by atoms with Crippen molar-refractivity contribution >= 4 is 11.8 Å². The summed E-state index contributed by atoms with van der Waals surface area (Å²) < 4.78 is 19.7. The summed E-state index contributed by atoms with van der Waals surface area (Å²) in [6, 6.07) is 5.17. The van der Waals surface area contributed by atoms with Crippen molar-refractivity contribution in [3.05, 3.63) is 29.6 Å². The predicted molar refractivity (Wildman–Crippen MR) is 119 cm³/mol. The van der Waals surface area contributed by atoms with E-state index in [4.69, 9.17) is 4.74 Å². The van der Waals surface area contributed by atoms with Gasteiger partial charge in [-0.1, -0.05) is 31.7 Å². The number of amides is 2. The number of rotatable bonds is 13. The lowest BCUT2D eigenvalue weighted by Crippen LogP contribution is -2.40. The van der Waals surface area contributed by atoms with Gasteiger partial charge in [0.05, 0.1) is 6.61 Å². The number of hydrogen-bond acceptors (Lipinski definition) is 4. The number of piperidine rings is 1. The van der Waals surface area contributed by atoms with Gasteiger partial charge in [-0.05, 0) is 76.1 Å². The van der Waals surface area contributed by atoms with Gasteiger partial charge in [-0.25, -0.2) is 4.39 Å². The topological polar surface area (TPSA) is 67.4 Å². The van der Waals surface area contributed by atoms with Crippen LogP contribution in [0.1, 0.15) is 83.6 Å². The molecular formula is C25H37FN2O3. The lowest BCUT2D eigenvalue weighted by atomic mass is 9.92. The van der Waals surface area contributed by atoms with Gasteiger partial charge < -0.3 is 10.1 Å². The highest BCUT2D eigenvalue weighted by atomic mass is 19.1. The van der Waals surface area contributed by atoms with Gasteiger partial charge in [-0.15, -0.1) is 0 Å². The van der Waals surface area contributed by atoms with E-state index in [9.17, 15) is 14.0 Å². The van der Waals surface area contributed by atoms with E-state index in [2.05, 4.69) is 24.5 Å². The molecule has 2 N–H and O–H groups in total. The molecule has 6 heteroatoms. The number of benzene rings is 1. The van der Waals surface area contributed by atoms with Crippen molar-refractivity contribution in [2.75, 3.05) is 13.2 Å². The molecule has 3 rings (SSSR count). The fourth-order valence-electron chi connectivity index (χ4n) is 4.06. The Morgan fingerprint density at radius 1 is 1.10 bits per heavy atom. The zero-order chi connectivity index (χ0) is 22.3. The molecule has 1 aromatic rings. The molecule has 1 aliphatic carbocycles. The normalized spacial score (nSPS) is 19.4. The third-order valence-electron chi connectivity index (χ3n) is 6.47. The van der Waals surface area contributed by atoms with Gasteiger partial charge in [0.25, 0.3) is 0 Å². The van der Waals surface area contributed by atoms with E-state index >= 15 is 0 Å². The fraction of sp³-hybridized carbons (Fsp3) is 0.680. The van der Waals surface area contributed by atoms with E-state index in [-0.39, 0.29) is 29.1 Å². The second kappa shape index (κ2) is 11.1. The minimum Gasteiger partial charge on any atom is -0.490 e. The number of nitrogens with one attached hydrogen (secondary N) is 2. The molecule has 1 heterocycles. The highest BCUT2D eigenvalue weighted by molar-refractivity contribution is 5.98. The van der Waals surface area contributed by atoms with E-state index in [1.54, 1.807) is 0 Å². The van der Waals surface area contributed by atoms with Gasteiger partial charge in [-0.3, -0.25) is 14.9 Å². The zero-order valence-electron chi connectivity index (χ0n) is 19.0. The first kappa shape index (κ1) is 23.7. The van der Waals surface area contributed by atoms with E-state index < -0.39 is 0 Å². The molecule has 172 valence electrons. The molecule has 5 nitrogen and oxygen atoms in total. The third kappa shape index (κ3) is 7.60. The Kier molecular flexibility index (Phi) is 8.47. The summed E-state index contributed by atoms with van der Waals surface area (Å²) in [5.74, 6) is 0.434.